The van der Waals surface area contributed by atoms with Gasteiger partial charge in [-0.15, -0.1) is 0 Å². The molecule has 0 fully saturated rings. The molecule has 0 bridgehead atoms. The van der Waals surface area contributed by atoms with Gasteiger partial charge in [-0.3, -0.25) is 0 Å². The van der Waals surface area contributed by atoms with E-state index in [1.54, 1.807) is 6.92 Å². The molecule has 0 aromatic heterocycles. The van der Waals surface area contributed by atoms with E-state index in [-0.39, 0.29) is 5.97 Å². The standard InChI is InChI=1S/C8H15NO3/c1-4-11-8(10)7(3)6-9-12-5-2/h9H,3-6H2,1-2H3. The van der Waals surface area contributed by atoms with Crippen LogP contribution in [0.4, 0.5) is 0 Å². The summed E-state index contributed by atoms with van der Waals surface area (Å²) in [5.74, 6) is -0.385. The number of carbonyl (C=O) groups excluding carboxylic acids is 1. The molecular formula is C8H15NO3. The zero-order valence-corrected chi connectivity index (χ0v) is 7.55. The van der Waals surface area contributed by atoms with Gasteiger partial charge >= 0.3 is 5.97 Å². The number of rotatable bonds is 6. The van der Waals surface area contributed by atoms with Gasteiger partial charge in [0.25, 0.3) is 0 Å². The Hall–Kier alpha value is -0.870. The topological polar surface area (TPSA) is 47.6 Å². The SMILES string of the molecule is C=C(CNOCC)C(=O)OCC. The molecule has 0 amide bonds. The van der Waals surface area contributed by atoms with Crippen molar-refractivity contribution in [3.63, 3.8) is 0 Å². The van der Waals surface area contributed by atoms with E-state index in [4.69, 9.17) is 9.57 Å². The minimum absolute atomic E-state index is 0.298. The average Bonchev–Trinajstić information content (AvgIpc) is 2.05. The molecule has 4 nitrogen and oxygen atoms in total. The zero-order valence-electron chi connectivity index (χ0n) is 7.55. The third-order valence-electron chi connectivity index (χ3n) is 1.10. The molecule has 0 heterocycles. The first kappa shape index (κ1) is 11.1. The second-order valence-electron chi connectivity index (χ2n) is 2.08. The van der Waals surface area contributed by atoms with E-state index >= 15 is 0 Å². The van der Waals surface area contributed by atoms with Crippen molar-refractivity contribution in [2.75, 3.05) is 19.8 Å². The van der Waals surface area contributed by atoms with Gasteiger partial charge in [0.05, 0.1) is 19.8 Å². The van der Waals surface area contributed by atoms with Crippen LogP contribution in [-0.2, 0) is 14.4 Å². The molecule has 12 heavy (non-hydrogen) atoms. The Balaban J connectivity index is 3.50. The highest BCUT2D eigenvalue weighted by Gasteiger charge is 2.05. The molecule has 0 radical (unpaired) electrons. The van der Waals surface area contributed by atoms with Crippen molar-refractivity contribution in [2.24, 2.45) is 0 Å². The van der Waals surface area contributed by atoms with E-state index in [1.807, 2.05) is 6.92 Å². The predicted molar refractivity (Wildman–Crippen MR) is 45.4 cm³/mol. The van der Waals surface area contributed by atoms with Crippen LogP contribution in [0.5, 0.6) is 0 Å². The van der Waals surface area contributed by atoms with Crippen LogP contribution in [0.1, 0.15) is 13.8 Å². The zero-order chi connectivity index (χ0) is 9.40. The van der Waals surface area contributed by atoms with Gasteiger partial charge in [0.1, 0.15) is 0 Å². The van der Waals surface area contributed by atoms with E-state index in [2.05, 4.69) is 12.1 Å². The molecule has 0 aliphatic heterocycles. The first-order valence-electron chi connectivity index (χ1n) is 3.91. The van der Waals surface area contributed by atoms with Crippen LogP contribution < -0.4 is 5.48 Å². The molecule has 0 unspecified atom stereocenters. The van der Waals surface area contributed by atoms with Crippen LogP contribution in [0, 0.1) is 0 Å². The van der Waals surface area contributed by atoms with Crippen LogP contribution in [0.2, 0.25) is 0 Å². The van der Waals surface area contributed by atoms with E-state index in [9.17, 15) is 4.79 Å². The number of esters is 1. The lowest BCUT2D eigenvalue weighted by atomic mass is 10.3. The maximum Gasteiger partial charge on any atom is 0.334 e. The summed E-state index contributed by atoms with van der Waals surface area (Å²) in [5, 5.41) is 0. The largest absolute Gasteiger partial charge is 0.463 e. The summed E-state index contributed by atoms with van der Waals surface area (Å²) in [6.07, 6.45) is 0. The van der Waals surface area contributed by atoms with Crippen LogP contribution in [0.15, 0.2) is 12.2 Å². The van der Waals surface area contributed by atoms with Crippen LogP contribution in [0.25, 0.3) is 0 Å². The summed E-state index contributed by atoms with van der Waals surface area (Å²) in [6.45, 7) is 8.34. The van der Waals surface area contributed by atoms with Crippen molar-refractivity contribution in [1.29, 1.82) is 0 Å². The summed E-state index contributed by atoms with van der Waals surface area (Å²) < 4.78 is 4.70. The molecule has 4 heteroatoms. The van der Waals surface area contributed by atoms with Gasteiger partial charge < -0.3 is 9.57 Å². The first-order chi connectivity index (χ1) is 5.72. The summed E-state index contributed by atoms with van der Waals surface area (Å²) in [7, 11) is 0. The Morgan fingerprint density at radius 1 is 1.42 bits per heavy atom. The maximum absolute atomic E-state index is 10.9. The molecule has 0 rings (SSSR count). The van der Waals surface area contributed by atoms with Gasteiger partial charge in [-0.2, -0.15) is 5.48 Å². The smallest absolute Gasteiger partial charge is 0.334 e. The lowest BCUT2D eigenvalue weighted by Gasteiger charge is -2.05. The minimum atomic E-state index is -0.385. The van der Waals surface area contributed by atoms with Crippen molar-refractivity contribution in [3.8, 4) is 0 Å². The molecule has 0 spiro atoms. The molecule has 0 atom stereocenters. The molecule has 0 saturated carbocycles. The highest BCUT2D eigenvalue weighted by molar-refractivity contribution is 5.88. The molecular weight excluding hydrogens is 158 g/mol. The quantitative estimate of drug-likeness (QED) is 0.277. The van der Waals surface area contributed by atoms with Crippen molar-refractivity contribution >= 4 is 5.97 Å². The van der Waals surface area contributed by atoms with Crippen molar-refractivity contribution in [2.45, 2.75) is 13.8 Å². The third-order valence-corrected chi connectivity index (χ3v) is 1.10. The molecule has 0 saturated heterocycles. The minimum Gasteiger partial charge on any atom is -0.463 e. The second-order valence-corrected chi connectivity index (χ2v) is 2.08. The Morgan fingerprint density at radius 3 is 2.58 bits per heavy atom. The molecule has 0 aliphatic rings. The summed E-state index contributed by atoms with van der Waals surface area (Å²) >= 11 is 0. The Morgan fingerprint density at radius 2 is 2.08 bits per heavy atom. The number of nitrogens with one attached hydrogen (secondary N) is 1. The Bertz CT molecular complexity index is 156. The highest BCUT2D eigenvalue weighted by Crippen LogP contribution is 1.92. The van der Waals surface area contributed by atoms with Gasteiger partial charge in [-0.05, 0) is 13.8 Å². The van der Waals surface area contributed by atoms with E-state index < -0.39 is 0 Å². The second kappa shape index (κ2) is 6.82. The van der Waals surface area contributed by atoms with E-state index in [0.29, 0.717) is 25.3 Å². The number of hydrogen-bond donors (Lipinski definition) is 1. The maximum atomic E-state index is 10.9. The predicted octanol–water partition coefficient (Wildman–Crippen LogP) is 0.647. The Labute approximate surface area is 72.5 Å². The molecule has 0 aliphatic carbocycles. The fourth-order valence-corrected chi connectivity index (χ4v) is 0.546. The lowest BCUT2D eigenvalue weighted by molar-refractivity contribution is -0.138. The molecule has 0 aromatic carbocycles. The lowest BCUT2D eigenvalue weighted by Crippen LogP contribution is -2.22. The summed E-state index contributed by atoms with van der Waals surface area (Å²) in [6, 6.07) is 0. The van der Waals surface area contributed by atoms with E-state index in [1.165, 1.54) is 0 Å². The molecule has 1 N–H and O–H groups in total. The number of ether oxygens (including phenoxy) is 1. The van der Waals surface area contributed by atoms with Crippen LogP contribution in [-0.4, -0.2) is 25.7 Å². The summed E-state index contributed by atoms with van der Waals surface area (Å²) in [5.41, 5.74) is 2.94. The van der Waals surface area contributed by atoms with Crippen LogP contribution >= 0.6 is 0 Å². The average molecular weight is 173 g/mol. The fraction of sp³-hybridized carbons (Fsp3) is 0.625. The van der Waals surface area contributed by atoms with Crippen LogP contribution in [0.3, 0.4) is 0 Å². The van der Waals surface area contributed by atoms with Gasteiger partial charge in [-0.25, -0.2) is 4.79 Å². The van der Waals surface area contributed by atoms with Gasteiger partial charge in [0.15, 0.2) is 0 Å². The number of carbonyl (C=O) groups is 1. The van der Waals surface area contributed by atoms with Gasteiger partial charge in [0.2, 0.25) is 0 Å². The van der Waals surface area contributed by atoms with Crippen molar-refractivity contribution in [3.05, 3.63) is 12.2 Å². The van der Waals surface area contributed by atoms with Crippen molar-refractivity contribution < 1.29 is 14.4 Å². The molecule has 0 aromatic rings. The summed E-state index contributed by atoms with van der Waals surface area (Å²) in [4.78, 5) is 15.7. The number of hydrogen-bond acceptors (Lipinski definition) is 4. The van der Waals surface area contributed by atoms with Gasteiger partial charge in [0, 0.05) is 5.57 Å². The fourth-order valence-electron chi connectivity index (χ4n) is 0.546. The normalized spacial score (nSPS) is 9.50. The highest BCUT2D eigenvalue weighted by atomic mass is 16.6. The van der Waals surface area contributed by atoms with Gasteiger partial charge in [-0.1, -0.05) is 6.58 Å². The first-order valence-corrected chi connectivity index (χ1v) is 3.91. The molecule has 70 valence electrons. The van der Waals surface area contributed by atoms with E-state index in [0.717, 1.165) is 0 Å². The third kappa shape index (κ3) is 4.87. The van der Waals surface area contributed by atoms with Crippen molar-refractivity contribution in [1.82, 2.24) is 5.48 Å². The Kier molecular flexibility index (Phi) is 6.32. The number of hydroxylamine groups is 1. The monoisotopic (exact) mass is 173 g/mol.